The van der Waals surface area contributed by atoms with Crippen LogP contribution in [0.3, 0.4) is 0 Å². The van der Waals surface area contributed by atoms with Gasteiger partial charge in [0.1, 0.15) is 0 Å². The van der Waals surface area contributed by atoms with Crippen LogP contribution in [0.25, 0.3) is 22.3 Å². The summed E-state index contributed by atoms with van der Waals surface area (Å²) in [7, 11) is 0. The highest BCUT2D eigenvalue weighted by Crippen LogP contribution is 2.45. The van der Waals surface area contributed by atoms with Crippen molar-refractivity contribution in [3.05, 3.63) is 54.2 Å². The van der Waals surface area contributed by atoms with Gasteiger partial charge in [-0.05, 0) is 36.6 Å². The van der Waals surface area contributed by atoms with E-state index in [1.807, 2.05) is 30.5 Å². The van der Waals surface area contributed by atoms with E-state index >= 15 is 0 Å². The molecule has 1 aliphatic rings. The zero-order valence-corrected chi connectivity index (χ0v) is 12.3. The Kier molecular flexibility index (Phi) is 3.16. The molecule has 0 radical (unpaired) electrons. The third kappa shape index (κ3) is 2.00. The van der Waals surface area contributed by atoms with Gasteiger partial charge in [-0.15, -0.1) is 0 Å². The first-order valence-electron chi connectivity index (χ1n) is 7.80. The lowest BCUT2D eigenvalue weighted by atomic mass is 9.87. The molecule has 108 valence electrons. The van der Waals surface area contributed by atoms with E-state index in [1.165, 1.54) is 10.9 Å². The van der Waals surface area contributed by atoms with Gasteiger partial charge in [0.05, 0.1) is 23.4 Å². The molecule has 2 unspecified atom stereocenters. The molecular weight excluding hydrogens is 270 g/mol. The number of hydrogen-bond acceptors (Lipinski definition) is 2. The molecule has 3 nitrogen and oxygen atoms in total. The fourth-order valence-electron chi connectivity index (χ4n) is 3.72. The number of nitrogens with zero attached hydrogens (tertiary/aromatic N) is 2. The summed E-state index contributed by atoms with van der Waals surface area (Å²) in [6, 6.07) is 16.8. The van der Waals surface area contributed by atoms with Gasteiger partial charge < -0.3 is 4.98 Å². The molecule has 3 aromatic rings. The number of H-pyrrole nitrogens is 1. The highest BCUT2D eigenvalue weighted by Gasteiger charge is 2.32. The van der Waals surface area contributed by atoms with Gasteiger partial charge in [-0.2, -0.15) is 5.26 Å². The van der Waals surface area contributed by atoms with Gasteiger partial charge >= 0.3 is 0 Å². The summed E-state index contributed by atoms with van der Waals surface area (Å²) in [5, 5.41) is 10.7. The smallest absolute Gasteiger partial charge is 0.0867 e. The Morgan fingerprint density at radius 1 is 1.09 bits per heavy atom. The predicted molar refractivity (Wildman–Crippen MR) is 87.2 cm³/mol. The highest BCUT2D eigenvalue weighted by molar-refractivity contribution is 5.91. The lowest BCUT2D eigenvalue weighted by Gasteiger charge is -2.15. The maximum atomic E-state index is 9.49. The van der Waals surface area contributed by atoms with Crippen LogP contribution >= 0.6 is 0 Å². The Morgan fingerprint density at radius 2 is 1.95 bits per heavy atom. The van der Waals surface area contributed by atoms with Gasteiger partial charge in [0, 0.05) is 23.0 Å². The Hall–Kier alpha value is -2.60. The van der Waals surface area contributed by atoms with E-state index in [2.05, 4.69) is 34.2 Å². The van der Waals surface area contributed by atoms with Crippen LogP contribution in [0, 0.1) is 17.2 Å². The molecule has 0 spiro atoms. The molecule has 0 aliphatic heterocycles. The molecule has 0 saturated heterocycles. The molecule has 2 heterocycles. The van der Waals surface area contributed by atoms with Crippen molar-refractivity contribution in [1.82, 2.24) is 9.97 Å². The minimum atomic E-state index is 0.113. The van der Waals surface area contributed by atoms with Crippen molar-refractivity contribution in [3.63, 3.8) is 0 Å². The van der Waals surface area contributed by atoms with Crippen molar-refractivity contribution < 1.29 is 0 Å². The van der Waals surface area contributed by atoms with Crippen LogP contribution < -0.4 is 0 Å². The largest absolute Gasteiger partial charge is 0.353 e. The number of aromatic nitrogens is 2. The fourth-order valence-corrected chi connectivity index (χ4v) is 3.72. The summed E-state index contributed by atoms with van der Waals surface area (Å²) in [6.45, 7) is 0. The molecule has 2 atom stereocenters. The van der Waals surface area contributed by atoms with Crippen molar-refractivity contribution >= 4 is 10.9 Å². The SMILES string of the molecule is N#CC1CCCC1c1c(-c2ccccn2)[nH]c2ccccc12. The van der Waals surface area contributed by atoms with E-state index < -0.39 is 0 Å². The number of hydrogen-bond donors (Lipinski definition) is 1. The number of rotatable bonds is 2. The average molecular weight is 287 g/mol. The van der Waals surface area contributed by atoms with Crippen LogP contribution in [0.5, 0.6) is 0 Å². The molecule has 3 heteroatoms. The Balaban J connectivity index is 1.97. The first kappa shape index (κ1) is 13.1. The van der Waals surface area contributed by atoms with Crippen LogP contribution in [0.4, 0.5) is 0 Å². The molecule has 4 rings (SSSR count). The number of aromatic amines is 1. The summed E-state index contributed by atoms with van der Waals surface area (Å²) in [6.07, 6.45) is 5.04. The van der Waals surface area contributed by atoms with Crippen LogP contribution in [-0.4, -0.2) is 9.97 Å². The number of nitrogens with one attached hydrogen (secondary N) is 1. The molecule has 0 bridgehead atoms. The normalized spacial score (nSPS) is 21.0. The number of fused-ring (bicyclic) bond motifs is 1. The third-order valence-electron chi connectivity index (χ3n) is 4.72. The zero-order chi connectivity index (χ0) is 14.9. The third-order valence-corrected chi connectivity index (χ3v) is 4.72. The van der Waals surface area contributed by atoms with Crippen molar-refractivity contribution in [1.29, 1.82) is 5.26 Å². The summed E-state index contributed by atoms with van der Waals surface area (Å²) >= 11 is 0. The van der Waals surface area contributed by atoms with E-state index in [1.54, 1.807) is 0 Å². The minimum Gasteiger partial charge on any atom is -0.353 e. The summed E-state index contributed by atoms with van der Waals surface area (Å²) < 4.78 is 0. The lowest BCUT2D eigenvalue weighted by molar-refractivity contribution is 0.608. The molecular formula is C19H17N3. The molecule has 1 saturated carbocycles. The zero-order valence-electron chi connectivity index (χ0n) is 12.3. The second-order valence-corrected chi connectivity index (χ2v) is 5.95. The monoisotopic (exact) mass is 287 g/mol. The van der Waals surface area contributed by atoms with Crippen LogP contribution in [0.15, 0.2) is 48.7 Å². The molecule has 1 aromatic carbocycles. The Morgan fingerprint density at radius 3 is 2.77 bits per heavy atom. The van der Waals surface area contributed by atoms with Crippen molar-refractivity contribution in [2.24, 2.45) is 5.92 Å². The van der Waals surface area contributed by atoms with Crippen molar-refractivity contribution in [2.45, 2.75) is 25.2 Å². The topological polar surface area (TPSA) is 52.5 Å². The van der Waals surface area contributed by atoms with Crippen LogP contribution in [0.2, 0.25) is 0 Å². The Labute approximate surface area is 129 Å². The fraction of sp³-hybridized carbons (Fsp3) is 0.263. The van der Waals surface area contributed by atoms with Crippen LogP contribution in [-0.2, 0) is 0 Å². The number of nitriles is 1. The minimum absolute atomic E-state index is 0.113. The van der Waals surface area contributed by atoms with Crippen molar-refractivity contribution in [2.75, 3.05) is 0 Å². The van der Waals surface area contributed by atoms with E-state index in [4.69, 9.17) is 0 Å². The van der Waals surface area contributed by atoms with E-state index in [0.29, 0.717) is 5.92 Å². The molecule has 22 heavy (non-hydrogen) atoms. The molecule has 1 aliphatic carbocycles. The highest BCUT2D eigenvalue weighted by atomic mass is 14.8. The van der Waals surface area contributed by atoms with Gasteiger partial charge in [0.15, 0.2) is 0 Å². The van der Waals surface area contributed by atoms with Gasteiger partial charge in [0.2, 0.25) is 0 Å². The van der Waals surface area contributed by atoms with Gasteiger partial charge in [0.25, 0.3) is 0 Å². The standard InChI is InChI=1S/C19H17N3/c20-12-13-6-5-8-14(13)18-15-7-1-2-9-16(15)22-19(18)17-10-3-4-11-21-17/h1-4,7,9-11,13-14,22H,5-6,8H2. The quantitative estimate of drug-likeness (QED) is 0.746. The van der Waals surface area contributed by atoms with E-state index in [-0.39, 0.29) is 5.92 Å². The first-order valence-corrected chi connectivity index (χ1v) is 7.80. The van der Waals surface area contributed by atoms with Gasteiger partial charge in [-0.1, -0.05) is 30.7 Å². The second-order valence-electron chi connectivity index (χ2n) is 5.95. The molecule has 1 N–H and O–H groups in total. The average Bonchev–Trinajstić information content (AvgIpc) is 3.19. The number of benzene rings is 1. The van der Waals surface area contributed by atoms with E-state index in [0.717, 1.165) is 36.2 Å². The molecule has 1 fully saturated rings. The summed E-state index contributed by atoms with van der Waals surface area (Å²) in [4.78, 5) is 8.04. The van der Waals surface area contributed by atoms with Gasteiger partial charge in [-0.25, -0.2) is 0 Å². The number of pyridine rings is 1. The summed E-state index contributed by atoms with van der Waals surface area (Å²) in [5.41, 5.74) is 4.44. The maximum Gasteiger partial charge on any atom is 0.0867 e. The molecule has 0 amide bonds. The lowest BCUT2D eigenvalue weighted by Crippen LogP contribution is -2.05. The first-order chi connectivity index (χ1) is 10.9. The van der Waals surface area contributed by atoms with Gasteiger partial charge in [-0.3, -0.25) is 4.98 Å². The maximum absolute atomic E-state index is 9.49. The predicted octanol–water partition coefficient (Wildman–Crippen LogP) is 4.64. The second kappa shape index (κ2) is 5.31. The molecule has 2 aromatic heterocycles. The number of para-hydroxylation sites is 1. The van der Waals surface area contributed by atoms with Crippen molar-refractivity contribution in [3.8, 4) is 17.5 Å². The summed E-state index contributed by atoms with van der Waals surface area (Å²) in [5.74, 6) is 0.417. The Bertz CT molecular complexity index is 842. The van der Waals surface area contributed by atoms with E-state index in [9.17, 15) is 5.26 Å². The van der Waals surface area contributed by atoms with Crippen LogP contribution in [0.1, 0.15) is 30.7 Å².